The molecule has 0 aromatic heterocycles. The second-order valence-corrected chi connectivity index (χ2v) is 4.55. The first-order valence-electron chi connectivity index (χ1n) is 5.77. The smallest absolute Gasteiger partial charge is 0.317 e. The summed E-state index contributed by atoms with van der Waals surface area (Å²) in [4.78, 5) is 16.9. The number of nitrogens with zero attached hydrogens (tertiary/aromatic N) is 1. The van der Waals surface area contributed by atoms with Gasteiger partial charge in [0.25, 0.3) is 0 Å². The Hall–Kier alpha value is -1.90. The number of oxime groups is 1. The maximum absolute atomic E-state index is 11.9. The lowest BCUT2D eigenvalue weighted by atomic mass is 9.68. The van der Waals surface area contributed by atoms with E-state index in [-0.39, 0.29) is 5.97 Å². The Labute approximate surface area is 99.8 Å². The Morgan fingerprint density at radius 3 is 3.12 bits per heavy atom. The number of hydrogen-bond acceptors (Lipinski definition) is 3. The largest absolute Gasteiger partial charge is 0.347 e. The number of allylic oxidation sites excluding steroid dienone is 1. The summed E-state index contributed by atoms with van der Waals surface area (Å²) in [5.41, 5.74) is 2.48. The molecule has 0 saturated carbocycles. The van der Waals surface area contributed by atoms with Gasteiger partial charge in [-0.15, -0.1) is 6.58 Å². The molecule has 1 heterocycles. The Kier molecular flexibility index (Phi) is 2.15. The van der Waals surface area contributed by atoms with Crippen molar-refractivity contribution in [2.75, 3.05) is 0 Å². The van der Waals surface area contributed by atoms with Crippen molar-refractivity contribution in [3.8, 4) is 0 Å². The van der Waals surface area contributed by atoms with Gasteiger partial charge in [0.05, 0.1) is 0 Å². The van der Waals surface area contributed by atoms with Crippen LogP contribution in [0.4, 0.5) is 0 Å². The molecule has 0 N–H and O–H groups in total. The number of carbonyl (C=O) groups is 1. The molecular weight excluding hydrogens is 214 g/mol. The van der Waals surface area contributed by atoms with Gasteiger partial charge in [-0.25, -0.2) is 4.79 Å². The molecule has 1 unspecified atom stereocenters. The number of hydrogen-bond donors (Lipinski definition) is 0. The van der Waals surface area contributed by atoms with Crippen molar-refractivity contribution >= 4 is 11.7 Å². The van der Waals surface area contributed by atoms with E-state index in [1.807, 2.05) is 18.2 Å². The number of aryl methyl sites for hydroxylation is 1. The molecule has 1 aliphatic heterocycles. The van der Waals surface area contributed by atoms with Gasteiger partial charge in [-0.2, -0.15) is 0 Å². The molecule has 1 aliphatic carbocycles. The monoisotopic (exact) mass is 227 g/mol. The topological polar surface area (TPSA) is 38.7 Å². The van der Waals surface area contributed by atoms with E-state index in [9.17, 15) is 4.79 Å². The third kappa shape index (κ3) is 1.28. The van der Waals surface area contributed by atoms with Crippen LogP contribution in [0.15, 0.2) is 42.1 Å². The van der Waals surface area contributed by atoms with Crippen LogP contribution in [0, 0.1) is 5.41 Å². The van der Waals surface area contributed by atoms with Crippen LogP contribution in [-0.2, 0) is 16.1 Å². The lowest BCUT2D eigenvalue weighted by Gasteiger charge is -2.30. The maximum atomic E-state index is 11.9. The van der Waals surface area contributed by atoms with E-state index in [1.165, 1.54) is 5.56 Å². The summed E-state index contributed by atoms with van der Waals surface area (Å²) in [6.45, 7) is 3.74. The molecule has 1 aromatic carbocycles. The van der Waals surface area contributed by atoms with E-state index in [4.69, 9.17) is 4.84 Å². The Morgan fingerprint density at radius 1 is 1.47 bits per heavy atom. The summed E-state index contributed by atoms with van der Waals surface area (Å²) in [7, 11) is 0. The zero-order valence-electron chi connectivity index (χ0n) is 9.48. The summed E-state index contributed by atoms with van der Waals surface area (Å²) in [6, 6.07) is 8.07. The molecule has 0 amide bonds. The number of carbonyl (C=O) groups excluding carboxylic acids is 1. The molecule has 3 heteroatoms. The summed E-state index contributed by atoms with van der Waals surface area (Å²) in [5, 5.41) is 3.99. The van der Waals surface area contributed by atoms with E-state index < -0.39 is 5.41 Å². The second kappa shape index (κ2) is 3.55. The van der Waals surface area contributed by atoms with Gasteiger partial charge in [0.1, 0.15) is 11.1 Å². The third-order valence-electron chi connectivity index (χ3n) is 3.65. The molecule has 1 atom stereocenters. The van der Waals surface area contributed by atoms with Crippen LogP contribution >= 0.6 is 0 Å². The minimum atomic E-state index is -0.587. The average molecular weight is 227 g/mol. The van der Waals surface area contributed by atoms with Gasteiger partial charge < -0.3 is 4.84 Å². The first kappa shape index (κ1) is 10.3. The fraction of sp³-hybridized carbons (Fsp3) is 0.286. The number of rotatable bonds is 2. The van der Waals surface area contributed by atoms with Crippen LogP contribution in [0.5, 0.6) is 0 Å². The molecule has 0 spiro atoms. The zero-order valence-corrected chi connectivity index (χ0v) is 9.48. The first-order valence-corrected chi connectivity index (χ1v) is 5.77. The van der Waals surface area contributed by atoms with E-state index in [2.05, 4.69) is 17.8 Å². The molecule has 86 valence electrons. The Bertz CT molecular complexity index is 533. The first-order chi connectivity index (χ1) is 8.28. The van der Waals surface area contributed by atoms with E-state index in [1.54, 1.807) is 6.08 Å². The van der Waals surface area contributed by atoms with Crippen LogP contribution in [0.1, 0.15) is 24.0 Å². The van der Waals surface area contributed by atoms with Gasteiger partial charge >= 0.3 is 5.97 Å². The fourth-order valence-corrected chi connectivity index (χ4v) is 2.73. The van der Waals surface area contributed by atoms with Gasteiger partial charge in [-0.05, 0) is 24.8 Å². The van der Waals surface area contributed by atoms with Crippen molar-refractivity contribution in [1.29, 1.82) is 0 Å². The van der Waals surface area contributed by atoms with E-state index in [0.717, 1.165) is 24.1 Å². The molecule has 0 radical (unpaired) electrons. The van der Waals surface area contributed by atoms with Crippen LogP contribution in [0.2, 0.25) is 0 Å². The van der Waals surface area contributed by atoms with Gasteiger partial charge in [-0.1, -0.05) is 35.5 Å². The molecule has 17 heavy (non-hydrogen) atoms. The van der Waals surface area contributed by atoms with Crippen molar-refractivity contribution in [1.82, 2.24) is 0 Å². The van der Waals surface area contributed by atoms with Crippen molar-refractivity contribution in [3.05, 3.63) is 48.0 Å². The summed E-state index contributed by atoms with van der Waals surface area (Å²) < 4.78 is 0. The second-order valence-electron chi connectivity index (χ2n) is 4.55. The number of benzene rings is 1. The highest BCUT2D eigenvalue weighted by Gasteiger charge is 2.51. The maximum Gasteiger partial charge on any atom is 0.347 e. The van der Waals surface area contributed by atoms with Crippen LogP contribution in [-0.4, -0.2) is 11.7 Å². The summed E-state index contributed by atoms with van der Waals surface area (Å²) >= 11 is 0. The number of fused-ring (bicyclic) bond motifs is 3. The highest BCUT2D eigenvalue weighted by molar-refractivity contribution is 6.19. The van der Waals surface area contributed by atoms with Gasteiger partial charge in [0.15, 0.2) is 0 Å². The van der Waals surface area contributed by atoms with E-state index >= 15 is 0 Å². The van der Waals surface area contributed by atoms with Gasteiger partial charge in [-0.3, -0.25) is 0 Å². The molecule has 3 nitrogen and oxygen atoms in total. The SMILES string of the molecule is C=CCC12CCc3ccccc3C1=NOC2=O. The van der Waals surface area contributed by atoms with Crippen molar-refractivity contribution in [3.63, 3.8) is 0 Å². The minimum absolute atomic E-state index is 0.234. The standard InChI is InChI=1S/C14H13NO2/c1-2-8-14-9-7-10-5-3-4-6-11(10)12(14)15-17-13(14)16/h2-6H,1,7-9H2. The van der Waals surface area contributed by atoms with Crippen molar-refractivity contribution < 1.29 is 9.63 Å². The highest BCUT2D eigenvalue weighted by atomic mass is 16.7. The lowest BCUT2D eigenvalue weighted by molar-refractivity contribution is -0.148. The summed E-state index contributed by atoms with van der Waals surface area (Å²) in [6.07, 6.45) is 4.01. The van der Waals surface area contributed by atoms with Crippen LogP contribution < -0.4 is 0 Å². The summed E-state index contributed by atoms with van der Waals surface area (Å²) in [5.74, 6) is -0.234. The Morgan fingerprint density at radius 2 is 2.29 bits per heavy atom. The molecule has 2 aliphatic rings. The third-order valence-corrected chi connectivity index (χ3v) is 3.65. The normalized spacial score (nSPS) is 25.6. The van der Waals surface area contributed by atoms with Gasteiger partial charge in [0.2, 0.25) is 0 Å². The van der Waals surface area contributed by atoms with E-state index in [0.29, 0.717) is 6.42 Å². The predicted molar refractivity (Wildman–Crippen MR) is 64.6 cm³/mol. The minimum Gasteiger partial charge on any atom is -0.317 e. The van der Waals surface area contributed by atoms with Crippen molar-refractivity contribution in [2.45, 2.75) is 19.3 Å². The molecule has 1 aromatic rings. The predicted octanol–water partition coefficient (Wildman–Crippen LogP) is 2.46. The zero-order chi connectivity index (χ0) is 11.9. The van der Waals surface area contributed by atoms with Crippen LogP contribution in [0.3, 0.4) is 0 Å². The van der Waals surface area contributed by atoms with Gasteiger partial charge in [0, 0.05) is 5.56 Å². The van der Waals surface area contributed by atoms with Crippen LogP contribution in [0.25, 0.3) is 0 Å². The molecule has 3 rings (SSSR count). The lowest BCUT2D eigenvalue weighted by Crippen LogP contribution is -2.39. The fourth-order valence-electron chi connectivity index (χ4n) is 2.73. The molecular formula is C14H13NO2. The highest BCUT2D eigenvalue weighted by Crippen LogP contribution is 2.43. The Balaban J connectivity index is 2.16. The molecule has 0 saturated heterocycles. The molecule has 0 fully saturated rings. The molecule has 0 bridgehead atoms. The average Bonchev–Trinajstić information content (AvgIpc) is 2.68. The quantitative estimate of drug-likeness (QED) is 0.575. The van der Waals surface area contributed by atoms with Crippen molar-refractivity contribution in [2.24, 2.45) is 10.6 Å².